The molecule has 1 aromatic carbocycles. The Labute approximate surface area is 109 Å². The van der Waals surface area contributed by atoms with E-state index in [1.165, 1.54) is 6.07 Å². The van der Waals surface area contributed by atoms with Crippen LogP contribution in [0, 0.1) is 29.9 Å². The smallest absolute Gasteiger partial charge is 0.159 e. The maximum absolute atomic E-state index is 13.0. The van der Waals surface area contributed by atoms with Crippen molar-refractivity contribution >= 4 is 5.82 Å². The van der Waals surface area contributed by atoms with Gasteiger partial charge in [0.15, 0.2) is 11.6 Å². The lowest BCUT2D eigenvalue weighted by atomic mass is 10.2. The van der Waals surface area contributed by atoms with Crippen molar-refractivity contribution < 1.29 is 8.78 Å². The van der Waals surface area contributed by atoms with Crippen molar-refractivity contribution in [1.82, 2.24) is 4.98 Å². The average molecular weight is 259 g/mol. The molecular weight excluding hydrogens is 248 g/mol. The van der Waals surface area contributed by atoms with Crippen LogP contribution in [0.15, 0.2) is 30.3 Å². The van der Waals surface area contributed by atoms with Gasteiger partial charge >= 0.3 is 0 Å². The second-order valence-electron chi connectivity index (χ2n) is 4.10. The van der Waals surface area contributed by atoms with Crippen molar-refractivity contribution in [1.29, 1.82) is 5.26 Å². The molecule has 2 rings (SSSR count). The Morgan fingerprint density at radius 1 is 1.21 bits per heavy atom. The molecule has 19 heavy (non-hydrogen) atoms. The molecule has 0 atom stereocenters. The topological polar surface area (TPSA) is 48.7 Å². The van der Waals surface area contributed by atoms with Gasteiger partial charge in [0.25, 0.3) is 0 Å². The van der Waals surface area contributed by atoms with Crippen LogP contribution in [0.1, 0.15) is 16.8 Å². The molecule has 0 saturated heterocycles. The van der Waals surface area contributed by atoms with Gasteiger partial charge in [-0.05, 0) is 36.8 Å². The summed E-state index contributed by atoms with van der Waals surface area (Å²) in [6.07, 6.45) is 0. The van der Waals surface area contributed by atoms with Gasteiger partial charge in [0.05, 0.1) is 11.6 Å². The van der Waals surface area contributed by atoms with E-state index in [4.69, 9.17) is 5.26 Å². The number of halogens is 2. The highest BCUT2D eigenvalue weighted by molar-refractivity contribution is 5.44. The van der Waals surface area contributed by atoms with Crippen molar-refractivity contribution in [3.63, 3.8) is 0 Å². The number of nitrogens with zero attached hydrogens (tertiary/aromatic N) is 2. The van der Waals surface area contributed by atoms with Crippen molar-refractivity contribution in [2.75, 3.05) is 5.32 Å². The zero-order chi connectivity index (χ0) is 13.8. The van der Waals surface area contributed by atoms with Crippen LogP contribution in [-0.2, 0) is 6.54 Å². The molecule has 0 fully saturated rings. The van der Waals surface area contributed by atoms with E-state index < -0.39 is 11.6 Å². The molecule has 0 bridgehead atoms. The van der Waals surface area contributed by atoms with E-state index in [2.05, 4.69) is 10.3 Å². The summed E-state index contributed by atoms with van der Waals surface area (Å²) in [6.45, 7) is 2.09. The lowest BCUT2D eigenvalue weighted by Crippen LogP contribution is -2.03. The molecule has 0 unspecified atom stereocenters. The molecule has 96 valence electrons. The maximum Gasteiger partial charge on any atom is 0.159 e. The number of nitriles is 1. The maximum atomic E-state index is 13.0. The van der Waals surface area contributed by atoms with Gasteiger partial charge in [-0.2, -0.15) is 5.26 Å². The largest absolute Gasteiger partial charge is 0.366 e. The number of pyridine rings is 1. The normalized spacial score (nSPS) is 10.0. The standard InChI is InChI=1S/C14H11F2N3/c1-9-4-11(7-17)6-14(19-9)18-8-10-2-3-12(15)13(16)5-10/h2-6H,8H2,1H3,(H,18,19). The van der Waals surface area contributed by atoms with Crippen LogP contribution in [-0.4, -0.2) is 4.98 Å². The Hall–Kier alpha value is -2.48. The van der Waals surface area contributed by atoms with Gasteiger partial charge in [-0.25, -0.2) is 13.8 Å². The summed E-state index contributed by atoms with van der Waals surface area (Å²) in [4.78, 5) is 4.21. The van der Waals surface area contributed by atoms with Crippen molar-refractivity contribution in [2.45, 2.75) is 13.5 Å². The highest BCUT2D eigenvalue weighted by Gasteiger charge is 2.03. The summed E-state index contributed by atoms with van der Waals surface area (Å²) in [6, 6.07) is 9.01. The summed E-state index contributed by atoms with van der Waals surface area (Å²) >= 11 is 0. The lowest BCUT2D eigenvalue weighted by molar-refractivity contribution is 0.507. The third-order valence-electron chi connectivity index (χ3n) is 2.54. The Balaban J connectivity index is 2.12. The first-order valence-electron chi connectivity index (χ1n) is 5.65. The van der Waals surface area contributed by atoms with E-state index in [0.29, 0.717) is 29.2 Å². The summed E-state index contributed by atoms with van der Waals surface area (Å²) < 4.78 is 25.8. The van der Waals surface area contributed by atoms with Gasteiger partial charge < -0.3 is 5.32 Å². The molecule has 1 N–H and O–H groups in total. The van der Waals surface area contributed by atoms with Gasteiger partial charge in [0.2, 0.25) is 0 Å². The molecule has 1 heterocycles. The number of nitrogens with one attached hydrogen (secondary N) is 1. The molecule has 2 aromatic rings. The van der Waals surface area contributed by atoms with Gasteiger partial charge in [-0.1, -0.05) is 6.07 Å². The van der Waals surface area contributed by atoms with Crippen molar-refractivity contribution in [3.8, 4) is 6.07 Å². The van der Waals surface area contributed by atoms with E-state index in [0.717, 1.165) is 12.1 Å². The van der Waals surface area contributed by atoms with E-state index in [9.17, 15) is 8.78 Å². The molecule has 0 saturated carbocycles. The number of aryl methyl sites for hydroxylation is 1. The fraction of sp³-hybridized carbons (Fsp3) is 0.143. The van der Waals surface area contributed by atoms with Gasteiger partial charge in [-0.15, -0.1) is 0 Å². The molecule has 0 radical (unpaired) electrons. The average Bonchev–Trinajstić information content (AvgIpc) is 2.39. The zero-order valence-electron chi connectivity index (χ0n) is 10.2. The molecule has 0 spiro atoms. The third-order valence-corrected chi connectivity index (χ3v) is 2.54. The summed E-state index contributed by atoms with van der Waals surface area (Å²) in [5, 5.41) is 11.8. The van der Waals surface area contributed by atoms with Crippen LogP contribution in [0.3, 0.4) is 0 Å². The van der Waals surface area contributed by atoms with Crippen LogP contribution in [0.5, 0.6) is 0 Å². The van der Waals surface area contributed by atoms with Gasteiger partial charge in [0.1, 0.15) is 5.82 Å². The second-order valence-corrected chi connectivity index (χ2v) is 4.10. The number of benzene rings is 1. The first kappa shape index (κ1) is 13.0. The Kier molecular flexibility index (Phi) is 3.71. The van der Waals surface area contributed by atoms with Crippen LogP contribution >= 0.6 is 0 Å². The quantitative estimate of drug-likeness (QED) is 0.921. The van der Waals surface area contributed by atoms with E-state index in [-0.39, 0.29) is 0 Å². The molecule has 0 amide bonds. The molecule has 0 aliphatic carbocycles. The predicted octanol–water partition coefficient (Wildman–Crippen LogP) is 3.15. The van der Waals surface area contributed by atoms with E-state index in [1.54, 1.807) is 19.1 Å². The second kappa shape index (κ2) is 5.44. The molecule has 5 heteroatoms. The van der Waals surface area contributed by atoms with Crippen LogP contribution in [0.25, 0.3) is 0 Å². The summed E-state index contributed by atoms with van der Waals surface area (Å²) in [7, 11) is 0. The van der Waals surface area contributed by atoms with Crippen molar-refractivity contribution in [2.24, 2.45) is 0 Å². The Morgan fingerprint density at radius 2 is 2.00 bits per heavy atom. The number of rotatable bonds is 3. The Bertz CT molecular complexity index is 648. The van der Waals surface area contributed by atoms with Crippen LogP contribution in [0.2, 0.25) is 0 Å². The van der Waals surface area contributed by atoms with Crippen molar-refractivity contribution in [3.05, 3.63) is 58.8 Å². The minimum absolute atomic E-state index is 0.304. The van der Waals surface area contributed by atoms with Gasteiger partial charge in [-0.3, -0.25) is 0 Å². The number of aromatic nitrogens is 1. The fourth-order valence-corrected chi connectivity index (χ4v) is 1.67. The SMILES string of the molecule is Cc1cc(C#N)cc(NCc2ccc(F)c(F)c2)n1. The van der Waals surface area contributed by atoms with Crippen LogP contribution < -0.4 is 5.32 Å². The van der Waals surface area contributed by atoms with E-state index >= 15 is 0 Å². The number of hydrogen-bond acceptors (Lipinski definition) is 3. The monoisotopic (exact) mass is 259 g/mol. The predicted molar refractivity (Wildman–Crippen MR) is 67.4 cm³/mol. The summed E-state index contributed by atoms with van der Waals surface area (Å²) in [5.41, 5.74) is 1.81. The summed E-state index contributed by atoms with van der Waals surface area (Å²) in [5.74, 6) is -1.22. The van der Waals surface area contributed by atoms with Gasteiger partial charge in [0, 0.05) is 12.2 Å². The van der Waals surface area contributed by atoms with Crippen LogP contribution in [0.4, 0.5) is 14.6 Å². The number of anilines is 1. The molecular formula is C14H11F2N3. The highest BCUT2D eigenvalue weighted by atomic mass is 19.2. The first-order valence-corrected chi connectivity index (χ1v) is 5.65. The molecule has 3 nitrogen and oxygen atoms in total. The third kappa shape index (κ3) is 3.26. The lowest BCUT2D eigenvalue weighted by Gasteiger charge is -2.07. The molecule has 0 aliphatic rings. The molecule has 1 aromatic heterocycles. The van der Waals surface area contributed by atoms with E-state index in [1.807, 2.05) is 6.07 Å². The number of hydrogen-bond donors (Lipinski definition) is 1. The minimum atomic E-state index is -0.880. The zero-order valence-corrected chi connectivity index (χ0v) is 10.2. The highest BCUT2D eigenvalue weighted by Crippen LogP contribution is 2.13. The fourth-order valence-electron chi connectivity index (χ4n) is 1.67. The first-order chi connectivity index (χ1) is 9.08. The minimum Gasteiger partial charge on any atom is -0.366 e. The Morgan fingerprint density at radius 3 is 2.68 bits per heavy atom. The molecule has 0 aliphatic heterocycles.